The van der Waals surface area contributed by atoms with Crippen LogP contribution in [0, 0.1) is 0 Å². The Morgan fingerprint density at radius 2 is 1.85 bits per heavy atom. The number of hydrogen-bond donors (Lipinski definition) is 2. The molecule has 7 nitrogen and oxygen atoms in total. The molecule has 0 unspecified atom stereocenters. The number of anilines is 3. The first-order valence-electron chi connectivity index (χ1n) is 8.35. The van der Waals surface area contributed by atoms with E-state index in [1.807, 2.05) is 30.3 Å². The largest absolute Gasteiger partial charge is 0.496 e. The highest BCUT2D eigenvalue weighted by molar-refractivity contribution is 6.32. The quantitative estimate of drug-likeness (QED) is 0.607. The van der Waals surface area contributed by atoms with E-state index >= 15 is 0 Å². The summed E-state index contributed by atoms with van der Waals surface area (Å²) in [6.45, 7) is 0.687. The second-order valence-electron chi connectivity index (χ2n) is 5.63. The van der Waals surface area contributed by atoms with Crippen LogP contribution in [0.4, 0.5) is 17.5 Å². The third kappa shape index (κ3) is 4.98. The first-order chi connectivity index (χ1) is 13.2. The molecule has 0 amide bonds. The van der Waals surface area contributed by atoms with Crippen LogP contribution in [0.1, 0.15) is 5.56 Å². The Balaban J connectivity index is 1.61. The molecular weight excluding hydrogens is 366 g/mol. The monoisotopic (exact) mass is 385 g/mol. The molecule has 1 heterocycles. The Labute approximate surface area is 162 Å². The molecule has 0 bridgehead atoms. The van der Waals surface area contributed by atoms with Crippen molar-refractivity contribution in [3.05, 3.63) is 59.2 Å². The summed E-state index contributed by atoms with van der Waals surface area (Å²) in [6, 6.07) is 13.3. The number of rotatable bonds is 8. The average molecular weight is 386 g/mol. The van der Waals surface area contributed by atoms with Crippen molar-refractivity contribution in [3.63, 3.8) is 0 Å². The van der Waals surface area contributed by atoms with Crippen molar-refractivity contribution < 1.29 is 9.47 Å². The van der Waals surface area contributed by atoms with Gasteiger partial charge in [0.1, 0.15) is 11.5 Å². The Morgan fingerprint density at radius 3 is 2.63 bits per heavy atom. The fraction of sp³-hybridized carbons (Fsp3) is 0.211. The first-order valence-corrected chi connectivity index (χ1v) is 8.73. The van der Waals surface area contributed by atoms with E-state index in [0.717, 1.165) is 23.4 Å². The van der Waals surface area contributed by atoms with Crippen LogP contribution in [0.15, 0.2) is 48.7 Å². The van der Waals surface area contributed by atoms with Crippen molar-refractivity contribution in [1.82, 2.24) is 15.2 Å². The molecular formula is C19H20ClN5O2. The molecule has 0 radical (unpaired) electrons. The lowest BCUT2D eigenvalue weighted by molar-refractivity contribution is 0.410. The molecule has 1 aromatic heterocycles. The summed E-state index contributed by atoms with van der Waals surface area (Å²) in [5, 5.41) is 14.8. The van der Waals surface area contributed by atoms with Crippen molar-refractivity contribution in [3.8, 4) is 11.5 Å². The van der Waals surface area contributed by atoms with E-state index in [1.165, 1.54) is 0 Å². The van der Waals surface area contributed by atoms with Crippen molar-refractivity contribution in [2.75, 3.05) is 31.4 Å². The van der Waals surface area contributed by atoms with E-state index in [4.69, 9.17) is 21.1 Å². The van der Waals surface area contributed by atoms with Gasteiger partial charge in [0.05, 0.1) is 25.4 Å². The highest BCUT2D eigenvalue weighted by Gasteiger charge is 2.06. The zero-order chi connectivity index (χ0) is 19.1. The van der Waals surface area contributed by atoms with Crippen molar-refractivity contribution in [2.24, 2.45) is 0 Å². The average Bonchev–Trinajstić information content (AvgIpc) is 2.69. The number of benzene rings is 2. The number of para-hydroxylation sites is 1. The minimum atomic E-state index is 0.374. The van der Waals surface area contributed by atoms with Gasteiger partial charge in [-0.1, -0.05) is 29.8 Å². The van der Waals surface area contributed by atoms with Gasteiger partial charge in [0.15, 0.2) is 5.82 Å². The van der Waals surface area contributed by atoms with Crippen LogP contribution in [0.2, 0.25) is 5.02 Å². The second kappa shape index (κ2) is 9.05. The van der Waals surface area contributed by atoms with Gasteiger partial charge in [-0.05, 0) is 36.2 Å². The minimum absolute atomic E-state index is 0.374. The molecule has 8 heteroatoms. The number of halogens is 1. The Morgan fingerprint density at radius 1 is 1.04 bits per heavy atom. The van der Waals surface area contributed by atoms with Crippen LogP contribution in [0.25, 0.3) is 0 Å². The van der Waals surface area contributed by atoms with Crippen LogP contribution in [0.5, 0.6) is 11.5 Å². The number of methoxy groups -OCH3 is 2. The summed E-state index contributed by atoms with van der Waals surface area (Å²) in [5.74, 6) is 2.48. The van der Waals surface area contributed by atoms with Gasteiger partial charge >= 0.3 is 0 Å². The summed E-state index contributed by atoms with van der Waals surface area (Å²) in [6.07, 6.45) is 2.37. The lowest BCUT2D eigenvalue weighted by atomic mass is 10.1. The predicted molar refractivity (Wildman–Crippen MR) is 106 cm³/mol. The van der Waals surface area contributed by atoms with Gasteiger partial charge in [-0.15, -0.1) is 5.10 Å². The highest BCUT2D eigenvalue weighted by Crippen LogP contribution is 2.28. The van der Waals surface area contributed by atoms with E-state index in [2.05, 4.69) is 25.8 Å². The van der Waals surface area contributed by atoms with Crippen molar-refractivity contribution in [1.29, 1.82) is 0 Å². The van der Waals surface area contributed by atoms with Gasteiger partial charge in [0.25, 0.3) is 0 Å². The molecule has 3 rings (SSSR count). The fourth-order valence-electron chi connectivity index (χ4n) is 2.55. The molecule has 27 heavy (non-hydrogen) atoms. The third-order valence-electron chi connectivity index (χ3n) is 3.86. The molecule has 0 saturated heterocycles. The van der Waals surface area contributed by atoms with Gasteiger partial charge in [0.2, 0.25) is 5.95 Å². The smallest absolute Gasteiger partial charge is 0.249 e. The Kier molecular flexibility index (Phi) is 6.27. The normalized spacial score (nSPS) is 10.3. The number of nitrogens with one attached hydrogen (secondary N) is 2. The number of nitrogens with zero attached hydrogens (tertiary/aromatic N) is 3. The molecule has 0 aliphatic rings. The van der Waals surface area contributed by atoms with Gasteiger partial charge in [-0.2, -0.15) is 10.1 Å². The van der Waals surface area contributed by atoms with E-state index in [1.54, 1.807) is 32.5 Å². The van der Waals surface area contributed by atoms with Crippen LogP contribution < -0.4 is 20.1 Å². The molecule has 2 N–H and O–H groups in total. The molecule has 0 saturated carbocycles. The summed E-state index contributed by atoms with van der Waals surface area (Å²) >= 11 is 6.13. The highest BCUT2D eigenvalue weighted by atomic mass is 35.5. The van der Waals surface area contributed by atoms with Gasteiger partial charge in [-0.3, -0.25) is 0 Å². The maximum absolute atomic E-state index is 6.13. The Bertz CT molecular complexity index is 907. The van der Waals surface area contributed by atoms with Gasteiger partial charge in [0, 0.05) is 12.2 Å². The van der Waals surface area contributed by atoms with E-state index in [0.29, 0.717) is 29.1 Å². The van der Waals surface area contributed by atoms with Crippen LogP contribution in [-0.2, 0) is 6.42 Å². The number of ether oxygens (including phenoxy) is 2. The maximum atomic E-state index is 6.13. The van der Waals surface area contributed by atoms with Crippen LogP contribution >= 0.6 is 11.6 Å². The molecule has 3 aromatic rings. The zero-order valence-electron chi connectivity index (χ0n) is 15.1. The lowest BCUT2D eigenvalue weighted by Gasteiger charge is -2.10. The summed E-state index contributed by atoms with van der Waals surface area (Å²) < 4.78 is 10.5. The molecule has 140 valence electrons. The predicted octanol–water partition coefficient (Wildman–Crippen LogP) is 3.94. The zero-order valence-corrected chi connectivity index (χ0v) is 15.8. The topological polar surface area (TPSA) is 81.2 Å². The standard InChI is InChI=1S/C19H20ClN5O2/c1-26-16-6-4-3-5-13(16)9-10-21-18-12-22-25-19(24-18)23-14-7-8-17(27-2)15(20)11-14/h3-8,11-12H,9-10H2,1-2H3,(H2,21,23,24,25). The van der Waals surface area contributed by atoms with Crippen molar-refractivity contribution >= 4 is 29.1 Å². The SMILES string of the molecule is COc1ccc(Nc2nncc(NCCc3ccccc3OC)n2)cc1Cl. The van der Waals surface area contributed by atoms with Crippen LogP contribution in [-0.4, -0.2) is 35.9 Å². The summed E-state index contributed by atoms with van der Waals surface area (Å²) in [5.41, 5.74) is 1.87. The second-order valence-corrected chi connectivity index (χ2v) is 6.04. The molecule has 0 aliphatic heterocycles. The number of aromatic nitrogens is 3. The molecule has 0 aliphatic carbocycles. The summed E-state index contributed by atoms with van der Waals surface area (Å²) in [4.78, 5) is 4.41. The first kappa shape index (κ1) is 18.7. The Hall–Kier alpha value is -3.06. The fourth-order valence-corrected chi connectivity index (χ4v) is 2.81. The van der Waals surface area contributed by atoms with Gasteiger partial charge in [-0.25, -0.2) is 0 Å². The van der Waals surface area contributed by atoms with Crippen LogP contribution in [0.3, 0.4) is 0 Å². The van der Waals surface area contributed by atoms with Gasteiger partial charge < -0.3 is 20.1 Å². The van der Waals surface area contributed by atoms with E-state index < -0.39 is 0 Å². The molecule has 2 aromatic carbocycles. The van der Waals surface area contributed by atoms with Crippen molar-refractivity contribution in [2.45, 2.75) is 6.42 Å². The molecule has 0 fully saturated rings. The van der Waals surface area contributed by atoms with E-state index in [9.17, 15) is 0 Å². The molecule has 0 atom stereocenters. The molecule has 0 spiro atoms. The minimum Gasteiger partial charge on any atom is -0.496 e. The number of hydrogen-bond acceptors (Lipinski definition) is 7. The lowest BCUT2D eigenvalue weighted by Crippen LogP contribution is -2.09. The third-order valence-corrected chi connectivity index (χ3v) is 4.16. The summed E-state index contributed by atoms with van der Waals surface area (Å²) in [7, 11) is 3.24. The van der Waals surface area contributed by atoms with E-state index in [-0.39, 0.29) is 0 Å². The maximum Gasteiger partial charge on any atom is 0.249 e.